The monoisotopic (exact) mass is 360 g/mol. The Labute approximate surface area is 149 Å². The fraction of sp³-hybridized carbons (Fsp3) is 0.143. The van der Waals surface area contributed by atoms with Crippen LogP contribution in [-0.2, 0) is 0 Å². The number of rotatable bonds is 2. The van der Waals surface area contributed by atoms with E-state index in [-0.39, 0.29) is 5.56 Å². The summed E-state index contributed by atoms with van der Waals surface area (Å²) >= 11 is 6.09. The lowest BCUT2D eigenvalue weighted by Gasteiger charge is -2.16. The van der Waals surface area contributed by atoms with Crippen molar-refractivity contribution in [3.05, 3.63) is 81.6 Å². The molecule has 3 aromatic carbocycles. The van der Waals surface area contributed by atoms with Gasteiger partial charge in [0.25, 0.3) is 0 Å². The minimum absolute atomic E-state index is 0.155. The lowest BCUT2D eigenvalue weighted by Crippen LogP contribution is -1.97. The molecule has 3 aromatic rings. The van der Waals surface area contributed by atoms with Crippen molar-refractivity contribution in [1.82, 2.24) is 0 Å². The molecule has 0 unspecified atom stereocenters. The van der Waals surface area contributed by atoms with E-state index in [2.05, 4.69) is 0 Å². The molecule has 4 heteroatoms. The van der Waals surface area contributed by atoms with Crippen molar-refractivity contribution in [2.45, 2.75) is 20.8 Å². The highest BCUT2D eigenvalue weighted by Gasteiger charge is 2.17. The van der Waals surface area contributed by atoms with Gasteiger partial charge >= 0.3 is 0 Å². The first-order valence-electron chi connectivity index (χ1n) is 7.81. The second-order valence-electron chi connectivity index (χ2n) is 6.12. The summed E-state index contributed by atoms with van der Waals surface area (Å²) in [5, 5.41) is 0.551. The lowest BCUT2D eigenvalue weighted by atomic mass is 9.89. The quantitative estimate of drug-likeness (QED) is 0.460. The molecule has 0 bridgehead atoms. The lowest BCUT2D eigenvalue weighted by molar-refractivity contribution is 0.503. The van der Waals surface area contributed by atoms with Crippen molar-refractivity contribution < 1.29 is 13.2 Å². The maximum absolute atomic E-state index is 14.3. The van der Waals surface area contributed by atoms with E-state index in [0.29, 0.717) is 21.7 Å². The zero-order valence-corrected chi connectivity index (χ0v) is 14.8. The van der Waals surface area contributed by atoms with E-state index in [1.54, 1.807) is 12.1 Å². The second kappa shape index (κ2) is 6.57. The summed E-state index contributed by atoms with van der Waals surface area (Å²) < 4.78 is 41.7. The molecule has 25 heavy (non-hydrogen) atoms. The van der Waals surface area contributed by atoms with E-state index in [1.165, 1.54) is 25.1 Å². The van der Waals surface area contributed by atoms with Gasteiger partial charge in [-0.3, -0.25) is 0 Å². The van der Waals surface area contributed by atoms with Crippen LogP contribution in [0.3, 0.4) is 0 Å². The van der Waals surface area contributed by atoms with Gasteiger partial charge in [0.2, 0.25) is 0 Å². The average molecular weight is 361 g/mol. The van der Waals surface area contributed by atoms with Crippen LogP contribution in [0.25, 0.3) is 22.3 Å². The summed E-state index contributed by atoms with van der Waals surface area (Å²) in [6, 6.07) is 10.7. The Hall–Kier alpha value is -2.26. The smallest absolute Gasteiger partial charge is 0.162 e. The molecule has 0 atom stereocenters. The number of benzene rings is 3. The molecule has 0 aliphatic rings. The molecule has 0 nitrogen and oxygen atoms in total. The fourth-order valence-electron chi connectivity index (χ4n) is 3.07. The van der Waals surface area contributed by atoms with Gasteiger partial charge in [0, 0.05) is 5.02 Å². The molecule has 0 spiro atoms. The van der Waals surface area contributed by atoms with Crippen LogP contribution in [0.1, 0.15) is 16.7 Å². The normalized spacial score (nSPS) is 11.0. The van der Waals surface area contributed by atoms with Crippen LogP contribution in [0.4, 0.5) is 13.2 Å². The van der Waals surface area contributed by atoms with Gasteiger partial charge in [-0.15, -0.1) is 0 Å². The van der Waals surface area contributed by atoms with Crippen LogP contribution in [0.15, 0.2) is 42.5 Å². The second-order valence-corrected chi connectivity index (χ2v) is 6.56. The molecular formula is C21H16ClF3. The summed E-state index contributed by atoms with van der Waals surface area (Å²) in [4.78, 5) is 0. The minimum Gasteiger partial charge on any atom is -0.207 e. The first-order chi connectivity index (χ1) is 11.8. The van der Waals surface area contributed by atoms with Crippen molar-refractivity contribution >= 4 is 11.6 Å². The predicted octanol–water partition coefficient (Wildman–Crippen LogP) is 7.02. The van der Waals surface area contributed by atoms with Crippen LogP contribution in [0.2, 0.25) is 5.02 Å². The zero-order valence-electron chi connectivity index (χ0n) is 14.1. The topological polar surface area (TPSA) is 0 Å². The van der Waals surface area contributed by atoms with Gasteiger partial charge < -0.3 is 0 Å². The van der Waals surface area contributed by atoms with Crippen molar-refractivity contribution in [1.29, 1.82) is 0 Å². The summed E-state index contributed by atoms with van der Waals surface area (Å²) in [6.45, 7) is 5.24. The highest BCUT2D eigenvalue weighted by Crippen LogP contribution is 2.37. The Kier molecular flexibility index (Phi) is 4.61. The summed E-state index contributed by atoms with van der Waals surface area (Å²) in [5.74, 6) is -2.28. The van der Waals surface area contributed by atoms with E-state index < -0.39 is 17.5 Å². The molecule has 128 valence electrons. The first kappa shape index (κ1) is 17.6. The molecular weight excluding hydrogens is 345 g/mol. The average Bonchev–Trinajstić information content (AvgIpc) is 2.57. The van der Waals surface area contributed by atoms with E-state index in [0.717, 1.165) is 22.8 Å². The molecule has 0 aromatic heterocycles. The predicted molar refractivity (Wildman–Crippen MR) is 96.4 cm³/mol. The summed E-state index contributed by atoms with van der Waals surface area (Å²) in [5.41, 5.74) is 4.38. The largest absolute Gasteiger partial charge is 0.207 e. The molecule has 0 saturated carbocycles. The van der Waals surface area contributed by atoms with Gasteiger partial charge in [-0.05, 0) is 90.0 Å². The number of aryl methyl sites for hydroxylation is 1. The highest BCUT2D eigenvalue weighted by atomic mass is 35.5. The van der Waals surface area contributed by atoms with Crippen LogP contribution in [0, 0.1) is 38.2 Å². The molecule has 0 radical (unpaired) electrons. The Morgan fingerprint density at radius 1 is 0.680 bits per heavy atom. The SMILES string of the molecule is Cc1ccc(Cl)cc1-c1cc(F)cc(-c2ccc(F)c(F)c2C)c1C. The van der Waals surface area contributed by atoms with Gasteiger partial charge in [0.05, 0.1) is 0 Å². The maximum atomic E-state index is 14.3. The molecule has 0 aliphatic carbocycles. The number of hydrogen-bond acceptors (Lipinski definition) is 0. The van der Waals surface area contributed by atoms with Gasteiger partial charge in [0.15, 0.2) is 11.6 Å². The Morgan fingerprint density at radius 2 is 1.32 bits per heavy atom. The van der Waals surface area contributed by atoms with E-state index in [9.17, 15) is 13.2 Å². The Bertz CT molecular complexity index is 977. The van der Waals surface area contributed by atoms with E-state index in [4.69, 9.17) is 11.6 Å². The van der Waals surface area contributed by atoms with Gasteiger partial charge in [-0.2, -0.15) is 0 Å². The third-order valence-electron chi connectivity index (χ3n) is 4.49. The van der Waals surface area contributed by atoms with Crippen molar-refractivity contribution in [3.63, 3.8) is 0 Å². The fourth-order valence-corrected chi connectivity index (χ4v) is 3.24. The van der Waals surface area contributed by atoms with Crippen LogP contribution in [0.5, 0.6) is 0 Å². The Morgan fingerprint density at radius 3 is 2.00 bits per heavy atom. The zero-order chi connectivity index (χ0) is 18.3. The molecule has 0 saturated heterocycles. The van der Waals surface area contributed by atoms with Crippen LogP contribution in [-0.4, -0.2) is 0 Å². The van der Waals surface area contributed by atoms with Gasteiger partial charge in [-0.1, -0.05) is 23.7 Å². The summed E-state index contributed by atoms with van der Waals surface area (Å²) in [7, 11) is 0. The van der Waals surface area contributed by atoms with Crippen molar-refractivity contribution in [2.75, 3.05) is 0 Å². The molecule has 0 fully saturated rings. The first-order valence-corrected chi connectivity index (χ1v) is 8.19. The third kappa shape index (κ3) is 3.16. The van der Waals surface area contributed by atoms with Crippen LogP contribution < -0.4 is 0 Å². The Balaban J connectivity index is 2.30. The number of halogens is 4. The minimum atomic E-state index is -0.916. The number of hydrogen-bond donors (Lipinski definition) is 0. The molecule has 0 aliphatic heterocycles. The molecule has 0 heterocycles. The molecule has 0 N–H and O–H groups in total. The van der Waals surface area contributed by atoms with Gasteiger partial charge in [0.1, 0.15) is 5.82 Å². The van der Waals surface area contributed by atoms with Crippen molar-refractivity contribution in [2.24, 2.45) is 0 Å². The molecule has 0 amide bonds. The van der Waals surface area contributed by atoms with Crippen LogP contribution >= 0.6 is 11.6 Å². The van der Waals surface area contributed by atoms with E-state index >= 15 is 0 Å². The van der Waals surface area contributed by atoms with E-state index in [1.807, 2.05) is 19.9 Å². The van der Waals surface area contributed by atoms with Gasteiger partial charge in [-0.25, -0.2) is 13.2 Å². The summed E-state index contributed by atoms with van der Waals surface area (Å²) in [6.07, 6.45) is 0. The standard InChI is InChI=1S/C21H16ClF3/c1-11-4-5-14(22)8-17(11)19-10-15(23)9-18(12(19)2)16-6-7-20(24)21(25)13(16)3/h4-10H,1-3H3. The maximum Gasteiger partial charge on any atom is 0.162 e. The van der Waals surface area contributed by atoms with Crippen molar-refractivity contribution in [3.8, 4) is 22.3 Å². The third-order valence-corrected chi connectivity index (χ3v) is 4.73. The highest BCUT2D eigenvalue weighted by molar-refractivity contribution is 6.30. The molecule has 3 rings (SSSR count).